The van der Waals surface area contributed by atoms with Crippen molar-refractivity contribution in [3.8, 4) is 0 Å². The number of anilines is 1. The Labute approximate surface area is 131 Å². The van der Waals surface area contributed by atoms with Gasteiger partial charge in [0.2, 0.25) is 0 Å². The zero-order valence-electron chi connectivity index (χ0n) is 12.3. The molecule has 3 rings (SSSR count). The minimum Gasteiger partial charge on any atom is -0.364 e. The molecule has 0 aliphatic rings. The maximum atomic E-state index is 13.3. The molecule has 1 aromatic heterocycles. The molecule has 0 spiro atoms. The van der Waals surface area contributed by atoms with Crippen molar-refractivity contribution in [1.29, 1.82) is 0 Å². The third-order valence-corrected chi connectivity index (χ3v) is 3.56. The van der Waals surface area contributed by atoms with E-state index in [4.69, 9.17) is 5.73 Å². The summed E-state index contributed by atoms with van der Waals surface area (Å²) >= 11 is 0. The molecule has 0 aliphatic heterocycles. The summed E-state index contributed by atoms with van der Waals surface area (Å²) in [6.45, 7) is 1.60. The number of aryl methyl sites for hydroxylation is 1. The van der Waals surface area contributed by atoms with Gasteiger partial charge in [-0.1, -0.05) is 0 Å². The molecule has 6 heteroatoms. The Bertz CT molecular complexity index is 931. The largest absolute Gasteiger partial charge is 0.364 e. The van der Waals surface area contributed by atoms with Gasteiger partial charge >= 0.3 is 0 Å². The lowest BCUT2D eigenvalue weighted by Gasteiger charge is -2.06. The van der Waals surface area contributed by atoms with Crippen molar-refractivity contribution in [2.45, 2.75) is 6.92 Å². The summed E-state index contributed by atoms with van der Waals surface area (Å²) in [5, 5.41) is 3.50. The smallest absolute Gasteiger partial charge is 0.265 e. The van der Waals surface area contributed by atoms with E-state index < -0.39 is 5.91 Å². The van der Waals surface area contributed by atoms with Crippen molar-refractivity contribution in [1.82, 2.24) is 4.98 Å². The molecule has 0 unspecified atom stereocenters. The molecule has 0 atom stereocenters. The molecule has 0 fully saturated rings. The molecular weight excluding hydrogens is 297 g/mol. The number of nitrogens with two attached hydrogens (primary N) is 1. The Morgan fingerprint density at radius 2 is 1.91 bits per heavy atom. The molecule has 0 saturated heterocycles. The monoisotopic (exact) mass is 311 g/mol. The van der Waals surface area contributed by atoms with Gasteiger partial charge in [-0.25, -0.2) is 4.39 Å². The third-order valence-electron chi connectivity index (χ3n) is 3.56. The molecule has 0 radical (unpaired) electrons. The van der Waals surface area contributed by atoms with Crippen LogP contribution in [0.3, 0.4) is 0 Å². The summed E-state index contributed by atoms with van der Waals surface area (Å²) in [5.74, 6) is -1.24. The van der Waals surface area contributed by atoms with E-state index in [0.717, 1.165) is 10.9 Å². The number of hydrogen-bond donors (Lipinski definition) is 3. The topological polar surface area (TPSA) is 88.0 Å². The third kappa shape index (κ3) is 2.91. The molecular formula is C17H14FN3O2. The number of carbonyl (C=O) groups excluding carboxylic acids is 2. The summed E-state index contributed by atoms with van der Waals surface area (Å²) in [5.41, 5.74) is 7.62. The van der Waals surface area contributed by atoms with Gasteiger partial charge in [-0.05, 0) is 55.0 Å². The fourth-order valence-corrected chi connectivity index (χ4v) is 2.33. The highest BCUT2D eigenvalue weighted by Crippen LogP contribution is 2.21. The first-order chi connectivity index (χ1) is 10.9. The number of H-pyrrole nitrogens is 1. The van der Waals surface area contributed by atoms with E-state index in [0.29, 0.717) is 22.5 Å². The zero-order valence-corrected chi connectivity index (χ0v) is 12.3. The van der Waals surface area contributed by atoms with Gasteiger partial charge in [-0.15, -0.1) is 0 Å². The fourth-order valence-electron chi connectivity index (χ4n) is 2.33. The van der Waals surface area contributed by atoms with Gasteiger partial charge < -0.3 is 16.0 Å². The van der Waals surface area contributed by atoms with Crippen LogP contribution in [-0.4, -0.2) is 16.8 Å². The molecule has 116 valence electrons. The maximum Gasteiger partial charge on any atom is 0.265 e. The van der Waals surface area contributed by atoms with E-state index in [1.807, 2.05) is 0 Å². The van der Waals surface area contributed by atoms with Crippen LogP contribution in [0.5, 0.6) is 0 Å². The minimum absolute atomic E-state index is 0.303. The first-order valence-corrected chi connectivity index (χ1v) is 6.94. The van der Waals surface area contributed by atoms with Gasteiger partial charge in [0, 0.05) is 22.2 Å². The molecule has 0 saturated carbocycles. The average molecular weight is 311 g/mol. The molecule has 23 heavy (non-hydrogen) atoms. The van der Waals surface area contributed by atoms with Crippen molar-refractivity contribution >= 4 is 28.4 Å². The van der Waals surface area contributed by atoms with E-state index in [9.17, 15) is 14.0 Å². The number of aromatic nitrogens is 1. The Balaban J connectivity index is 1.86. The predicted octanol–water partition coefficient (Wildman–Crippen LogP) is 2.97. The number of benzene rings is 2. The lowest BCUT2D eigenvalue weighted by Crippen LogP contribution is -2.12. The van der Waals surface area contributed by atoms with E-state index in [2.05, 4.69) is 10.3 Å². The lowest BCUT2D eigenvalue weighted by atomic mass is 10.1. The lowest BCUT2D eigenvalue weighted by molar-refractivity contribution is 0.0994. The fraction of sp³-hybridized carbons (Fsp3) is 0.0588. The van der Waals surface area contributed by atoms with Crippen LogP contribution in [0.25, 0.3) is 10.9 Å². The van der Waals surface area contributed by atoms with Gasteiger partial charge in [-0.3, -0.25) is 9.59 Å². The summed E-state index contributed by atoms with van der Waals surface area (Å²) in [6.07, 6.45) is 0. The summed E-state index contributed by atoms with van der Waals surface area (Å²) in [6, 6.07) is 11.0. The number of amides is 2. The van der Waals surface area contributed by atoms with Gasteiger partial charge in [0.15, 0.2) is 0 Å². The Morgan fingerprint density at radius 1 is 1.13 bits per heavy atom. The second kappa shape index (κ2) is 5.57. The molecule has 0 aliphatic carbocycles. The van der Waals surface area contributed by atoms with Crippen molar-refractivity contribution in [2.24, 2.45) is 5.73 Å². The van der Waals surface area contributed by atoms with Crippen LogP contribution in [0, 0.1) is 12.7 Å². The first-order valence-electron chi connectivity index (χ1n) is 6.94. The minimum atomic E-state index is -0.548. The number of hydrogen-bond acceptors (Lipinski definition) is 2. The molecule has 2 amide bonds. The van der Waals surface area contributed by atoms with Crippen LogP contribution >= 0.6 is 0 Å². The highest BCUT2D eigenvalue weighted by atomic mass is 19.1. The number of nitrogens with one attached hydrogen (secondary N) is 2. The Morgan fingerprint density at radius 3 is 2.61 bits per heavy atom. The molecule has 2 aromatic carbocycles. The van der Waals surface area contributed by atoms with Gasteiger partial charge in [-0.2, -0.15) is 0 Å². The summed E-state index contributed by atoms with van der Waals surface area (Å²) < 4.78 is 13.3. The van der Waals surface area contributed by atoms with Crippen molar-refractivity contribution in [2.75, 3.05) is 5.32 Å². The highest BCUT2D eigenvalue weighted by molar-refractivity contribution is 6.05. The van der Waals surface area contributed by atoms with E-state index in [-0.39, 0.29) is 11.7 Å². The van der Waals surface area contributed by atoms with E-state index in [1.54, 1.807) is 31.2 Å². The number of rotatable bonds is 3. The normalized spacial score (nSPS) is 10.7. The maximum absolute atomic E-state index is 13.3. The van der Waals surface area contributed by atoms with Gasteiger partial charge in [0.25, 0.3) is 11.8 Å². The number of primary amides is 1. The zero-order chi connectivity index (χ0) is 16.6. The van der Waals surface area contributed by atoms with Crippen LogP contribution in [0.15, 0.2) is 42.5 Å². The van der Waals surface area contributed by atoms with Crippen LogP contribution in [-0.2, 0) is 0 Å². The second-order valence-electron chi connectivity index (χ2n) is 5.27. The van der Waals surface area contributed by atoms with Crippen LogP contribution < -0.4 is 11.1 Å². The van der Waals surface area contributed by atoms with Crippen molar-refractivity contribution in [3.63, 3.8) is 0 Å². The Hall–Kier alpha value is -3.15. The van der Waals surface area contributed by atoms with Crippen molar-refractivity contribution < 1.29 is 14.0 Å². The molecule has 3 aromatic rings. The predicted molar refractivity (Wildman–Crippen MR) is 85.9 cm³/mol. The summed E-state index contributed by atoms with van der Waals surface area (Å²) in [7, 11) is 0. The number of halogens is 1. The molecule has 4 N–H and O–H groups in total. The van der Waals surface area contributed by atoms with Gasteiger partial charge in [0.05, 0.1) is 0 Å². The van der Waals surface area contributed by atoms with E-state index in [1.165, 1.54) is 18.2 Å². The van der Waals surface area contributed by atoms with E-state index >= 15 is 0 Å². The summed E-state index contributed by atoms with van der Waals surface area (Å²) in [4.78, 5) is 26.3. The quantitative estimate of drug-likeness (QED) is 0.694. The second-order valence-corrected chi connectivity index (χ2v) is 5.27. The van der Waals surface area contributed by atoms with Gasteiger partial charge in [0.1, 0.15) is 11.5 Å². The molecule has 5 nitrogen and oxygen atoms in total. The van der Waals surface area contributed by atoms with Crippen LogP contribution in [0.4, 0.5) is 10.1 Å². The molecule has 0 bridgehead atoms. The SMILES string of the molecule is Cc1cc(C(=O)Nc2ccc3[nH]c(C(N)=O)cc3c2)ccc1F. The number of fused-ring (bicyclic) bond motifs is 1. The average Bonchev–Trinajstić information content (AvgIpc) is 2.93. The Kier molecular flexibility index (Phi) is 3.57. The number of aromatic amines is 1. The number of carbonyl (C=O) groups is 2. The molecule has 1 heterocycles. The standard InChI is InChI=1S/C17H14FN3O2/c1-9-6-10(2-4-13(9)18)17(23)20-12-3-5-14-11(7-12)8-15(21-14)16(19)22/h2-8,21H,1H3,(H2,19,22)(H,20,23). The van der Waals surface area contributed by atoms with Crippen LogP contribution in [0.2, 0.25) is 0 Å². The van der Waals surface area contributed by atoms with Crippen molar-refractivity contribution in [3.05, 3.63) is 65.1 Å². The highest BCUT2D eigenvalue weighted by Gasteiger charge is 2.10. The first kappa shape index (κ1) is 14.8. The van der Waals surface area contributed by atoms with Crippen LogP contribution in [0.1, 0.15) is 26.4 Å².